The van der Waals surface area contributed by atoms with Gasteiger partial charge < -0.3 is 9.73 Å². The zero-order valence-corrected chi connectivity index (χ0v) is 12.8. The van der Waals surface area contributed by atoms with E-state index in [0.717, 1.165) is 34.1 Å². The Morgan fingerprint density at radius 2 is 2.11 bits per heavy atom. The Bertz CT molecular complexity index is 590. The van der Waals surface area contributed by atoms with E-state index >= 15 is 0 Å². The number of aryl methyl sites for hydroxylation is 1. The van der Waals surface area contributed by atoms with Crippen molar-refractivity contribution in [3.63, 3.8) is 0 Å². The summed E-state index contributed by atoms with van der Waals surface area (Å²) in [4.78, 5) is 0. The lowest BCUT2D eigenvalue weighted by molar-refractivity contribution is 0.468. The molecule has 1 aromatic carbocycles. The first kappa shape index (κ1) is 12.8. The van der Waals surface area contributed by atoms with Crippen LogP contribution in [0.1, 0.15) is 36.3 Å². The Morgan fingerprint density at radius 1 is 1.32 bits per heavy atom. The van der Waals surface area contributed by atoms with Crippen LogP contribution in [0.5, 0.6) is 0 Å². The molecule has 0 radical (unpaired) electrons. The predicted molar refractivity (Wildman–Crippen MR) is 81.4 cm³/mol. The minimum atomic E-state index is 0.654. The van der Waals surface area contributed by atoms with Gasteiger partial charge in [-0.25, -0.2) is 0 Å². The summed E-state index contributed by atoms with van der Waals surface area (Å²) in [5, 5.41) is 3.43. The second kappa shape index (κ2) is 5.04. The monoisotopic (exact) mass is 319 g/mol. The minimum Gasteiger partial charge on any atom is -0.464 e. The van der Waals surface area contributed by atoms with Crippen LogP contribution in [0.25, 0.3) is 0 Å². The molecule has 2 aromatic rings. The van der Waals surface area contributed by atoms with Crippen molar-refractivity contribution in [2.75, 3.05) is 5.32 Å². The van der Waals surface area contributed by atoms with Gasteiger partial charge in [-0.2, -0.15) is 0 Å². The number of halogens is 1. The molecule has 3 rings (SSSR count). The van der Waals surface area contributed by atoms with Gasteiger partial charge in [0.15, 0.2) is 0 Å². The molecule has 3 heteroatoms. The number of rotatable bonds is 4. The number of nitrogens with one attached hydrogen (secondary N) is 1. The van der Waals surface area contributed by atoms with Crippen LogP contribution in [-0.2, 0) is 6.54 Å². The first-order valence-electron chi connectivity index (χ1n) is 6.72. The minimum absolute atomic E-state index is 0.654. The smallest absolute Gasteiger partial charge is 0.123 e. The average Bonchev–Trinajstić information content (AvgIpc) is 2.93. The maximum atomic E-state index is 5.90. The van der Waals surface area contributed by atoms with Gasteiger partial charge in [-0.15, -0.1) is 0 Å². The summed E-state index contributed by atoms with van der Waals surface area (Å²) in [5.74, 6) is 3.60. The molecule has 2 unspecified atom stereocenters. The molecule has 1 aliphatic carbocycles. The lowest BCUT2D eigenvalue weighted by Crippen LogP contribution is -1.99. The number of anilines is 1. The van der Waals surface area contributed by atoms with Crippen LogP contribution in [0.4, 0.5) is 5.69 Å². The van der Waals surface area contributed by atoms with E-state index < -0.39 is 0 Å². The normalized spacial score (nSPS) is 21.4. The fraction of sp³-hybridized carbons (Fsp3) is 0.375. The van der Waals surface area contributed by atoms with Gasteiger partial charge in [0.2, 0.25) is 0 Å². The summed E-state index contributed by atoms with van der Waals surface area (Å²) in [6, 6.07) is 10.5. The second-order valence-electron chi connectivity index (χ2n) is 5.44. The molecule has 2 atom stereocenters. The van der Waals surface area contributed by atoms with E-state index in [1.165, 1.54) is 12.0 Å². The molecular weight excluding hydrogens is 302 g/mol. The molecular formula is C16H18BrNO. The van der Waals surface area contributed by atoms with Gasteiger partial charge in [0.05, 0.1) is 6.54 Å². The summed E-state index contributed by atoms with van der Waals surface area (Å²) < 4.78 is 6.99. The molecule has 1 N–H and O–H groups in total. The van der Waals surface area contributed by atoms with Gasteiger partial charge in [-0.3, -0.25) is 0 Å². The van der Waals surface area contributed by atoms with Crippen molar-refractivity contribution in [2.24, 2.45) is 5.92 Å². The van der Waals surface area contributed by atoms with Gasteiger partial charge in [0, 0.05) is 16.1 Å². The third-order valence-corrected chi connectivity index (χ3v) is 4.30. The van der Waals surface area contributed by atoms with Crippen molar-refractivity contribution in [1.82, 2.24) is 0 Å². The number of furan rings is 1. The quantitative estimate of drug-likeness (QED) is 0.849. The molecule has 0 saturated heterocycles. The third kappa shape index (κ3) is 2.86. The van der Waals surface area contributed by atoms with E-state index in [4.69, 9.17) is 4.42 Å². The molecule has 1 fully saturated rings. The van der Waals surface area contributed by atoms with Crippen molar-refractivity contribution in [2.45, 2.75) is 32.7 Å². The first-order chi connectivity index (χ1) is 9.13. The van der Waals surface area contributed by atoms with Crippen molar-refractivity contribution < 1.29 is 4.42 Å². The first-order valence-corrected chi connectivity index (χ1v) is 7.51. The van der Waals surface area contributed by atoms with E-state index in [1.807, 2.05) is 0 Å². The van der Waals surface area contributed by atoms with Gasteiger partial charge in [-0.1, -0.05) is 28.9 Å². The zero-order chi connectivity index (χ0) is 13.4. The van der Waals surface area contributed by atoms with Crippen molar-refractivity contribution in [3.8, 4) is 0 Å². The van der Waals surface area contributed by atoms with Gasteiger partial charge in [0.1, 0.15) is 11.5 Å². The number of hydrogen-bond donors (Lipinski definition) is 1. The molecule has 0 amide bonds. The maximum absolute atomic E-state index is 5.90. The lowest BCUT2D eigenvalue weighted by atomic mass is 10.2. The summed E-state index contributed by atoms with van der Waals surface area (Å²) in [6.45, 7) is 5.11. The van der Waals surface area contributed by atoms with Gasteiger partial charge in [0.25, 0.3) is 0 Å². The summed E-state index contributed by atoms with van der Waals surface area (Å²) in [6.07, 6.45) is 1.27. The second-order valence-corrected chi connectivity index (χ2v) is 6.35. The van der Waals surface area contributed by atoms with Crippen LogP contribution < -0.4 is 5.32 Å². The van der Waals surface area contributed by atoms with Crippen LogP contribution in [0, 0.1) is 12.8 Å². The highest BCUT2D eigenvalue weighted by Crippen LogP contribution is 2.47. The summed E-state index contributed by atoms with van der Waals surface area (Å²) in [7, 11) is 0. The average molecular weight is 320 g/mol. The third-order valence-electron chi connectivity index (χ3n) is 3.81. The molecule has 19 heavy (non-hydrogen) atoms. The summed E-state index contributed by atoms with van der Waals surface area (Å²) in [5.41, 5.74) is 2.39. The zero-order valence-electron chi connectivity index (χ0n) is 11.2. The van der Waals surface area contributed by atoms with Crippen LogP contribution in [0.3, 0.4) is 0 Å². The molecule has 0 spiro atoms. The van der Waals surface area contributed by atoms with Crippen molar-refractivity contribution in [1.29, 1.82) is 0 Å². The SMILES string of the molecule is Cc1ccc(Br)cc1NCc1ccc(C2CC2C)o1. The van der Waals surface area contributed by atoms with E-state index in [1.54, 1.807) is 0 Å². The van der Waals surface area contributed by atoms with Crippen molar-refractivity contribution in [3.05, 3.63) is 51.9 Å². The Labute approximate surface area is 122 Å². The Balaban J connectivity index is 1.65. The van der Waals surface area contributed by atoms with Crippen LogP contribution in [0.15, 0.2) is 39.2 Å². The van der Waals surface area contributed by atoms with Crippen molar-refractivity contribution >= 4 is 21.6 Å². The highest BCUT2D eigenvalue weighted by Gasteiger charge is 2.36. The van der Waals surface area contributed by atoms with Crippen LogP contribution >= 0.6 is 15.9 Å². The fourth-order valence-electron chi connectivity index (χ4n) is 2.37. The lowest BCUT2D eigenvalue weighted by Gasteiger charge is -2.08. The number of benzene rings is 1. The molecule has 1 heterocycles. The summed E-state index contributed by atoms with van der Waals surface area (Å²) >= 11 is 3.50. The maximum Gasteiger partial charge on any atom is 0.123 e. The largest absolute Gasteiger partial charge is 0.464 e. The highest BCUT2D eigenvalue weighted by atomic mass is 79.9. The molecule has 0 bridgehead atoms. The molecule has 1 aromatic heterocycles. The highest BCUT2D eigenvalue weighted by molar-refractivity contribution is 9.10. The fourth-order valence-corrected chi connectivity index (χ4v) is 2.74. The molecule has 1 saturated carbocycles. The topological polar surface area (TPSA) is 25.2 Å². The van der Waals surface area contributed by atoms with E-state index in [2.05, 4.69) is 65.4 Å². The Kier molecular flexibility index (Phi) is 3.40. The van der Waals surface area contributed by atoms with E-state index in [0.29, 0.717) is 5.92 Å². The van der Waals surface area contributed by atoms with Crippen LogP contribution in [0.2, 0.25) is 0 Å². The van der Waals surface area contributed by atoms with Crippen LogP contribution in [-0.4, -0.2) is 0 Å². The predicted octanol–water partition coefficient (Wildman–Crippen LogP) is 5.09. The molecule has 1 aliphatic rings. The molecule has 2 nitrogen and oxygen atoms in total. The molecule has 100 valence electrons. The van der Waals surface area contributed by atoms with E-state index in [-0.39, 0.29) is 0 Å². The van der Waals surface area contributed by atoms with E-state index in [9.17, 15) is 0 Å². The Morgan fingerprint density at radius 3 is 2.84 bits per heavy atom. The molecule has 0 aliphatic heterocycles. The Hall–Kier alpha value is -1.22. The van der Waals surface area contributed by atoms with Gasteiger partial charge >= 0.3 is 0 Å². The standard InChI is InChI=1S/C16H18BrNO/c1-10-3-4-12(17)8-15(10)18-9-13-5-6-16(19-13)14-7-11(14)2/h3-6,8,11,14,18H,7,9H2,1-2H3. The van der Waals surface area contributed by atoms with Gasteiger partial charge in [-0.05, 0) is 49.1 Å². The number of hydrogen-bond acceptors (Lipinski definition) is 2.